The summed E-state index contributed by atoms with van der Waals surface area (Å²) in [5.41, 5.74) is 1.68. The van der Waals surface area contributed by atoms with Crippen molar-refractivity contribution in [3.8, 4) is 0 Å². The Labute approximate surface area is 144 Å². The Morgan fingerprint density at radius 3 is 2.84 bits per heavy atom. The van der Waals surface area contributed by atoms with E-state index < -0.39 is 15.9 Å². The van der Waals surface area contributed by atoms with Gasteiger partial charge in [-0.1, -0.05) is 12.1 Å². The lowest BCUT2D eigenvalue weighted by atomic mass is 10.3. The van der Waals surface area contributed by atoms with Crippen molar-refractivity contribution in [1.82, 2.24) is 19.6 Å². The Balaban J connectivity index is 1.47. The van der Waals surface area contributed by atoms with Crippen LogP contribution in [0.15, 0.2) is 53.4 Å². The van der Waals surface area contributed by atoms with Gasteiger partial charge in [-0.25, -0.2) is 18.1 Å². The van der Waals surface area contributed by atoms with Crippen LogP contribution < -0.4 is 10.0 Å². The molecule has 25 heavy (non-hydrogen) atoms. The van der Waals surface area contributed by atoms with E-state index in [9.17, 15) is 13.2 Å². The summed E-state index contributed by atoms with van der Waals surface area (Å²) in [4.78, 5) is 15.9. The minimum atomic E-state index is -3.58. The second-order valence-electron chi connectivity index (χ2n) is 5.42. The first-order valence-corrected chi connectivity index (χ1v) is 9.35. The molecule has 1 aromatic carbocycles. The number of hydrogen-bond donors (Lipinski definition) is 2. The highest BCUT2D eigenvalue weighted by atomic mass is 32.2. The molecule has 0 bridgehead atoms. The average molecular weight is 362 g/mol. The molecule has 0 radical (unpaired) electrons. The fourth-order valence-corrected chi connectivity index (χ4v) is 3.25. The number of nitrogens with zero attached hydrogens (tertiary/aromatic N) is 2. The zero-order valence-electron chi connectivity index (χ0n) is 13.4. The van der Waals surface area contributed by atoms with Gasteiger partial charge < -0.3 is 14.3 Å². The normalized spacial score (nSPS) is 11.7. The highest BCUT2D eigenvalue weighted by molar-refractivity contribution is 7.89. The maximum atomic E-state index is 12.1. The zero-order valence-corrected chi connectivity index (χ0v) is 14.2. The number of hydrogen-bond acceptors (Lipinski definition) is 5. The zero-order chi connectivity index (χ0) is 17.7. The number of furan rings is 1. The van der Waals surface area contributed by atoms with E-state index in [1.54, 1.807) is 23.0 Å². The van der Waals surface area contributed by atoms with Gasteiger partial charge in [0.25, 0.3) is 0 Å². The third-order valence-corrected chi connectivity index (χ3v) is 4.93. The highest BCUT2D eigenvalue weighted by Gasteiger charge is 2.13. The van der Waals surface area contributed by atoms with Gasteiger partial charge in [0.2, 0.25) is 15.9 Å². The number of para-hydroxylation sites is 2. The van der Waals surface area contributed by atoms with E-state index in [4.69, 9.17) is 4.42 Å². The minimum absolute atomic E-state index is 0.140. The third kappa shape index (κ3) is 4.68. The van der Waals surface area contributed by atoms with Crippen molar-refractivity contribution in [1.29, 1.82) is 0 Å². The summed E-state index contributed by atoms with van der Waals surface area (Å²) in [6, 6.07) is 10.9. The fraction of sp³-hybridized carbons (Fsp3) is 0.250. The van der Waals surface area contributed by atoms with Crippen molar-refractivity contribution in [3.63, 3.8) is 0 Å². The number of imidazole rings is 1. The molecule has 0 fully saturated rings. The van der Waals surface area contributed by atoms with E-state index in [0.29, 0.717) is 5.76 Å². The Hall–Kier alpha value is -2.65. The first-order valence-electron chi connectivity index (χ1n) is 7.70. The number of nitrogens with one attached hydrogen (secondary N) is 2. The Kier molecular flexibility index (Phi) is 5.15. The first-order chi connectivity index (χ1) is 12.0. The molecule has 9 heteroatoms. The van der Waals surface area contributed by atoms with Gasteiger partial charge >= 0.3 is 0 Å². The largest absolute Gasteiger partial charge is 0.467 e. The summed E-state index contributed by atoms with van der Waals surface area (Å²) in [5.74, 6) is 0.0370. The number of carbonyl (C=O) groups excluding carboxylic acids is 1. The van der Waals surface area contributed by atoms with Gasteiger partial charge in [-0.3, -0.25) is 4.79 Å². The molecular weight excluding hydrogens is 344 g/mol. The molecule has 0 aliphatic heterocycles. The van der Waals surface area contributed by atoms with E-state index in [2.05, 4.69) is 15.0 Å². The molecule has 2 heterocycles. The molecule has 3 rings (SSSR count). The number of carbonyl (C=O) groups is 1. The van der Waals surface area contributed by atoms with Crippen LogP contribution in [-0.4, -0.2) is 36.2 Å². The highest BCUT2D eigenvalue weighted by Crippen LogP contribution is 2.11. The van der Waals surface area contributed by atoms with Crippen LogP contribution in [0.2, 0.25) is 0 Å². The van der Waals surface area contributed by atoms with E-state index in [0.717, 1.165) is 11.0 Å². The van der Waals surface area contributed by atoms with Crippen molar-refractivity contribution in [2.45, 2.75) is 13.1 Å². The Morgan fingerprint density at radius 2 is 2.04 bits per heavy atom. The van der Waals surface area contributed by atoms with Crippen LogP contribution in [0, 0.1) is 0 Å². The number of amides is 1. The smallest absolute Gasteiger partial charge is 0.235 e. The number of aryl methyl sites for hydroxylation is 1. The fourth-order valence-electron chi connectivity index (χ4n) is 2.32. The summed E-state index contributed by atoms with van der Waals surface area (Å²) >= 11 is 0. The van der Waals surface area contributed by atoms with Crippen LogP contribution >= 0.6 is 0 Å². The number of rotatable bonds is 8. The van der Waals surface area contributed by atoms with E-state index >= 15 is 0 Å². The molecule has 1 amide bonds. The predicted octanol–water partition coefficient (Wildman–Crippen LogP) is 0.865. The molecular formula is C16H18N4O4S. The Bertz CT molecular complexity index is 948. The second kappa shape index (κ2) is 7.49. The van der Waals surface area contributed by atoms with Gasteiger partial charge in [-0.05, 0) is 24.3 Å². The molecule has 0 saturated heterocycles. The lowest BCUT2D eigenvalue weighted by Gasteiger charge is -2.08. The predicted molar refractivity (Wildman–Crippen MR) is 92.1 cm³/mol. The summed E-state index contributed by atoms with van der Waals surface area (Å²) in [7, 11) is -3.58. The molecule has 0 atom stereocenters. The first kappa shape index (κ1) is 17.2. The van der Waals surface area contributed by atoms with Gasteiger partial charge in [0.15, 0.2) is 0 Å². The van der Waals surface area contributed by atoms with Gasteiger partial charge in [-0.15, -0.1) is 0 Å². The van der Waals surface area contributed by atoms with Crippen LogP contribution in [0.25, 0.3) is 11.0 Å². The van der Waals surface area contributed by atoms with Crippen LogP contribution in [0.4, 0.5) is 0 Å². The number of sulfonamides is 1. The van der Waals surface area contributed by atoms with Gasteiger partial charge in [0, 0.05) is 6.54 Å². The molecule has 3 aromatic rings. The maximum Gasteiger partial charge on any atom is 0.235 e. The molecule has 0 aliphatic carbocycles. The molecule has 0 aliphatic rings. The molecule has 2 N–H and O–H groups in total. The van der Waals surface area contributed by atoms with E-state index in [1.165, 1.54) is 6.26 Å². The quantitative estimate of drug-likeness (QED) is 0.618. The lowest BCUT2D eigenvalue weighted by molar-refractivity contribution is -0.120. The molecule has 8 nitrogen and oxygen atoms in total. The maximum absolute atomic E-state index is 12.1. The topological polar surface area (TPSA) is 106 Å². The monoisotopic (exact) mass is 362 g/mol. The van der Waals surface area contributed by atoms with Crippen molar-refractivity contribution in [3.05, 3.63) is 54.7 Å². The standard InChI is InChI=1S/C16H18N4O4S/c21-16(17-10-13-4-3-8-24-13)11-19-25(22,23)9-7-20-12-18-14-5-1-2-6-15(14)20/h1-6,8,12,19H,7,9-11H2,(H,17,21). The van der Waals surface area contributed by atoms with Crippen LogP contribution in [0.1, 0.15) is 5.76 Å². The van der Waals surface area contributed by atoms with Gasteiger partial charge in [0.05, 0.1) is 42.5 Å². The van der Waals surface area contributed by atoms with Crippen molar-refractivity contribution in [2.24, 2.45) is 0 Å². The number of aromatic nitrogens is 2. The van der Waals surface area contributed by atoms with Gasteiger partial charge in [-0.2, -0.15) is 0 Å². The number of fused-ring (bicyclic) bond motifs is 1. The van der Waals surface area contributed by atoms with Crippen LogP contribution in [0.5, 0.6) is 0 Å². The average Bonchev–Trinajstić information content (AvgIpc) is 3.26. The van der Waals surface area contributed by atoms with Crippen LogP contribution in [-0.2, 0) is 27.9 Å². The van der Waals surface area contributed by atoms with Crippen molar-refractivity contribution < 1.29 is 17.6 Å². The molecule has 0 saturated carbocycles. The molecule has 2 aromatic heterocycles. The summed E-state index contributed by atoms with van der Waals surface area (Å²) in [6.07, 6.45) is 3.11. The summed E-state index contributed by atoms with van der Waals surface area (Å²) in [6.45, 7) is 0.159. The summed E-state index contributed by atoms with van der Waals surface area (Å²) in [5, 5.41) is 2.58. The van der Waals surface area contributed by atoms with Crippen molar-refractivity contribution in [2.75, 3.05) is 12.3 Å². The Morgan fingerprint density at radius 1 is 1.20 bits per heavy atom. The second-order valence-corrected chi connectivity index (χ2v) is 7.35. The number of benzene rings is 1. The van der Waals surface area contributed by atoms with E-state index in [1.807, 2.05) is 24.3 Å². The minimum Gasteiger partial charge on any atom is -0.467 e. The lowest BCUT2D eigenvalue weighted by Crippen LogP contribution is -2.38. The summed E-state index contributed by atoms with van der Waals surface area (Å²) < 4.78 is 33.3. The van der Waals surface area contributed by atoms with Crippen LogP contribution in [0.3, 0.4) is 0 Å². The molecule has 0 unspecified atom stereocenters. The van der Waals surface area contributed by atoms with Crippen molar-refractivity contribution >= 4 is 27.0 Å². The van der Waals surface area contributed by atoms with E-state index in [-0.39, 0.29) is 25.4 Å². The van der Waals surface area contributed by atoms with Gasteiger partial charge in [0.1, 0.15) is 5.76 Å². The molecule has 132 valence electrons. The molecule has 0 spiro atoms. The SMILES string of the molecule is O=C(CNS(=O)(=O)CCn1cnc2ccccc21)NCc1ccco1. The third-order valence-electron chi connectivity index (χ3n) is 3.62.